The minimum Gasteiger partial charge on any atom is -0.323 e. The molecule has 0 amide bonds. The van der Waals surface area contributed by atoms with Gasteiger partial charge in [-0.05, 0) is 55.6 Å². The Balaban J connectivity index is 1.92. The van der Waals surface area contributed by atoms with Crippen LogP contribution in [0.1, 0.15) is 61.4 Å². The second-order valence-electron chi connectivity index (χ2n) is 6.03. The molecular formula is C15H25NS. The number of fused-ring (bicyclic) bond motifs is 1. The van der Waals surface area contributed by atoms with Gasteiger partial charge in [0.1, 0.15) is 0 Å². The zero-order valence-electron chi connectivity index (χ0n) is 11.3. The molecular weight excluding hydrogens is 226 g/mol. The monoisotopic (exact) mass is 251 g/mol. The van der Waals surface area contributed by atoms with Gasteiger partial charge in [0, 0.05) is 15.8 Å². The van der Waals surface area contributed by atoms with E-state index in [1.54, 1.807) is 10.4 Å². The first-order chi connectivity index (χ1) is 8.06. The molecule has 0 saturated heterocycles. The molecule has 2 heteroatoms. The Morgan fingerprint density at radius 3 is 2.65 bits per heavy atom. The van der Waals surface area contributed by atoms with Crippen molar-refractivity contribution >= 4 is 11.3 Å². The molecule has 0 radical (unpaired) electrons. The number of hydrogen-bond acceptors (Lipinski definition) is 2. The Morgan fingerprint density at radius 2 is 2.00 bits per heavy atom. The summed E-state index contributed by atoms with van der Waals surface area (Å²) >= 11 is 1.97. The van der Waals surface area contributed by atoms with Crippen LogP contribution in [0, 0.1) is 11.8 Å². The number of hydrogen-bond donors (Lipinski definition) is 1. The van der Waals surface area contributed by atoms with E-state index in [9.17, 15) is 0 Å². The average Bonchev–Trinajstić information content (AvgIpc) is 2.73. The standard InChI is InChI=1S/C15H25NS/c1-10(2)7-11(3)8-13(16)15-9-12-5-4-6-14(12)17-15/h9-11,13H,4-8,16H2,1-3H3. The summed E-state index contributed by atoms with van der Waals surface area (Å²) in [6, 6.07) is 2.64. The molecule has 2 N–H and O–H groups in total. The fraction of sp³-hybridized carbons (Fsp3) is 0.733. The first-order valence-electron chi connectivity index (χ1n) is 6.93. The number of aryl methyl sites for hydroxylation is 2. The summed E-state index contributed by atoms with van der Waals surface area (Å²) in [5, 5.41) is 0. The van der Waals surface area contributed by atoms with Crippen LogP contribution in [0.4, 0.5) is 0 Å². The fourth-order valence-corrected chi connectivity index (χ4v) is 4.26. The van der Waals surface area contributed by atoms with E-state index >= 15 is 0 Å². The van der Waals surface area contributed by atoms with E-state index in [0.717, 1.165) is 18.3 Å². The summed E-state index contributed by atoms with van der Waals surface area (Å²) in [7, 11) is 0. The molecule has 1 aliphatic carbocycles. The summed E-state index contributed by atoms with van der Waals surface area (Å²) in [5.74, 6) is 1.52. The van der Waals surface area contributed by atoms with Gasteiger partial charge in [-0.25, -0.2) is 0 Å². The zero-order valence-corrected chi connectivity index (χ0v) is 12.1. The van der Waals surface area contributed by atoms with Crippen molar-refractivity contribution in [3.8, 4) is 0 Å². The Morgan fingerprint density at radius 1 is 1.24 bits per heavy atom. The van der Waals surface area contributed by atoms with E-state index in [1.165, 1.54) is 30.6 Å². The first-order valence-corrected chi connectivity index (χ1v) is 7.75. The minimum absolute atomic E-state index is 0.263. The summed E-state index contributed by atoms with van der Waals surface area (Å²) in [6.45, 7) is 6.92. The van der Waals surface area contributed by atoms with Crippen molar-refractivity contribution in [3.05, 3.63) is 21.4 Å². The predicted octanol–water partition coefficient (Wildman–Crippen LogP) is 4.31. The lowest BCUT2D eigenvalue weighted by molar-refractivity contribution is 0.389. The van der Waals surface area contributed by atoms with Crippen LogP contribution in [0.2, 0.25) is 0 Å². The maximum atomic E-state index is 6.34. The van der Waals surface area contributed by atoms with E-state index in [4.69, 9.17) is 5.73 Å². The maximum absolute atomic E-state index is 6.34. The number of nitrogens with two attached hydrogens (primary N) is 1. The molecule has 2 rings (SSSR count). The van der Waals surface area contributed by atoms with E-state index in [0.29, 0.717) is 0 Å². The second kappa shape index (κ2) is 5.53. The maximum Gasteiger partial charge on any atom is 0.0392 e. The highest BCUT2D eigenvalue weighted by atomic mass is 32.1. The van der Waals surface area contributed by atoms with Crippen molar-refractivity contribution in [1.82, 2.24) is 0 Å². The van der Waals surface area contributed by atoms with Gasteiger partial charge in [-0.1, -0.05) is 20.8 Å². The third-order valence-corrected chi connectivity index (χ3v) is 5.03. The normalized spacial score (nSPS) is 18.4. The van der Waals surface area contributed by atoms with Gasteiger partial charge in [-0.3, -0.25) is 0 Å². The Labute approximate surface area is 109 Å². The van der Waals surface area contributed by atoms with Crippen molar-refractivity contribution in [2.75, 3.05) is 0 Å². The SMILES string of the molecule is CC(C)CC(C)CC(N)c1cc2c(s1)CCC2. The van der Waals surface area contributed by atoms with Gasteiger partial charge in [0.15, 0.2) is 0 Å². The Kier molecular flexibility index (Phi) is 4.26. The first kappa shape index (κ1) is 13.1. The third kappa shape index (κ3) is 3.32. The van der Waals surface area contributed by atoms with Crippen LogP contribution < -0.4 is 5.73 Å². The van der Waals surface area contributed by atoms with Crippen molar-refractivity contribution in [2.45, 2.75) is 58.9 Å². The Bertz CT molecular complexity index is 345. The molecule has 0 aromatic carbocycles. The molecule has 1 aromatic heterocycles. The van der Waals surface area contributed by atoms with E-state index < -0.39 is 0 Å². The molecule has 96 valence electrons. The van der Waals surface area contributed by atoms with E-state index in [-0.39, 0.29) is 6.04 Å². The van der Waals surface area contributed by atoms with Gasteiger partial charge >= 0.3 is 0 Å². The van der Waals surface area contributed by atoms with Crippen molar-refractivity contribution in [2.24, 2.45) is 17.6 Å². The molecule has 0 spiro atoms. The smallest absolute Gasteiger partial charge is 0.0392 e. The zero-order chi connectivity index (χ0) is 12.4. The van der Waals surface area contributed by atoms with Crippen molar-refractivity contribution < 1.29 is 0 Å². The minimum atomic E-state index is 0.263. The van der Waals surface area contributed by atoms with Crippen LogP contribution in [0.15, 0.2) is 6.07 Å². The Hall–Kier alpha value is -0.340. The molecule has 2 atom stereocenters. The quantitative estimate of drug-likeness (QED) is 0.829. The molecule has 0 bridgehead atoms. The van der Waals surface area contributed by atoms with E-state index in [2.05, 4.69) is 26.8 Å². The fourth-order valence-electron chi connectivity index (χ4n) is 2.99. The second-order valence-corrected chi connectivity index (χ2v) is 7.20. The summed E-state index contributed by atoms with van der Waals surface area (Å²) in [6.07, 6.45) is 6.34. The van der Waals surface area contributed by atoms with Gasteiger partial charge in [0.05, 0.1) is 0 Å². The van der Waals surface area contributed by atoms with Crippen LogP contribution >= 0.6 is 11.3 Å². The highest BCUT2D eigenvalue weighted by Gasteiger charge is 2.19. The molecule has 1 aliphatic rings. The van der Waals surface area contributed by atoms with Crippen LogP contribution in [0.5, 0.6) is 0 Å². The van der Waals surface area contributed by atoms with Gasteiger partial charge < -0.3 is 5.73 Å². The van der Waals surface area contributed by atoms with Crippen LogP contribution in [0.25, 0.3) is 0 Å². The molecule has 0 aliphatic heterocycles. The highest BCUT2D eigenvalue weighted by molar-refractivity contribution is 7.12. The summed E-state index contributed by atoms with van der Waals surface area (Å²) in [4.78, 5) is 3.03. The predicted molar refractivity (Wildman–Crippen MR) is 76.5 cm³/mol. The van der Waals surface area contributed by atoms with Crippen LogP contribution in [-0.4, -0.2) is 0 Å². The summed E-state index contributed by atoms with van der Waals surface area (Å²) < 4.78 is 0. The lowest BCUT2D eigenvalue weighted by atomic mass is 9.92. The van der Waals surface area contributed by atoms with Gasteiger partial charge in [0.2, 0.25) is 0 Å². The van der Waals surface area contributed by atoms with Crippen molar-refractivity contribution in [3.63, 3.8) is 0 Å². The number of thiophene rings is 1. The topological polar surface area (TPSA) is 26.0 Å². The van der Waals surface area contributed by atoms with Gasteiger partial charge in [-0.15, -0.1) is 11.3 Å². The van der Waals surface area contributed by atoms with Crippen LogP contribution in [-0.2, 0) is 12.8 Å². The third-order valence-electron chi connectivity index (χ3n) is 3.66. The molecule has 1 heterocycles. The van der Waals surface area contributed by atoms with Gasteiger partial charge in [0.25, 0.3) is 0 Å². The lowest BCUT2D eigenvalue weighted by Crippen LogP contribution is -2.14. The molecule has 17 heavy (non-hydrogen) atoms. The van der Waals surface area contributed by atoms with Crippen molar-refractivity contribution in [1.29, 1.82) is 0 Å². The lowest BCUT2D eigenvalue weighted by Gasteiger charge is -2.18. The average molecular weight is 251 g/mol. The largest absolute Gasteiger partial charge is 0.323 e. The molecule has 2 unspecified atom stereocenters. The van der Waals surface area contributed by atoms with E-state index in [1.807, 2.05) is 11.3 Å². The van der Waals surface area contributed by atoms with Crippen LogP contribution in [0.3, 0.4) is 0 Å². The molecule has 0 fully saturated rings. The highest BCUT2D eigenvalue weighted by Crippen LogP contribution is 2.35. The molecule has 0 saturated carbocycles. The summed E-state index contributed by atoms with van der Waals surface area (Å²) in [5.41, 5.74) is 7.92. The van der Waals surface area contributed by atoms with Gasteiger partial charge in [-0.2, -0.15) is 0 Å². The molecule has 1 aromatic rings. The molecule has 1 nitrogen and oxygen atoms in total. The number of rotatable bonds is 5.